The fourth-order valence-corrected chi connectivity index (χ4v) is 4.15. The van der Waals surface area contributed by atoms with Crippen LogP contribution in [0.2, 0.25) is 0 Å². The number of nitrogens with one attached hydrogen (secondary N) is 2. The van der Waals surface area contributed by atoms with Gasteiger partial charge in [0, 0.05) is 11.0 Å². The number of hydrogen-bond donors (Lipinski definition) is 2. The van der Waals surface area contributed by atoms with Crippen LogP contribution in [0.5, 0.6) is 0 Å². The maximum Gasteiger partial charge on any atom is 0.261 e. The molecule has 0 aromatic heterocycles. The van der Waals surface area contributed by atoms with Crippen molar-refractivity contribution in [2.45, 2.75) is 17.9 Å². The second-order valence-electron chi connectivity index (χ2n) is 4.93. The van der Waals surface area contributed by atoms with Crippen molar-refractivity contribution in [2.75, 3.05) is 11.3 Å². The Kier molecular flexibility index (Phi) is 4.01. The third kappa shape index (κ3) is 3.12. The van der Waals surface area contributed by atoms with Crippen molar-refractivity contribution in [3.8, 4) is 0 Å². The molecule has 1 heterocycles. The van der Waals surface area contributed by atoms with Crippen molar-refractivity contribution in [3.63, 3.8) is 0 Å². The highest BCUT2D eigenvalue weighted by Gasteiger charge is 2.18. The lowest BCUT2D eigenvalue weighted by Crippen LogP contribution is -2.25. The molecule has 0 atom stereocenters. The number of benzene rings is 2. The molecule has 2 N–H and O–H groups in total. The van der Waals surface area contributed by atoms with Crippen LogP contribution in [0.25, 0.3) is 0 Å². The second-order valence-corrected chi connectivity index (χ2v) is 7.53. The van der Waals surface area contributed by atoms with Crippen molar-refractivity contribution >= 4 is 31.6 Å². The van der Waals surface area contributed by atoms with Crippen molar-refractivity contribution in [2.24, 2.45) is 0 Å². The smallest absolute Gasteiger partial charge is 0.261 e. The molecular weight excluding hydrogens is 352 g/mol. The van der Waals surface area contributed by atoms with Crippen LogP contribution < -0.4 is 10.0 Å². The first-order chi connectivity index (χ1) is 10.1. The van der Waals surface area contributed by atoms with E-state index in [2.05, 4.69) is 26.0 Å². The van der Waals surface area contributed by atoms with E-state index >= 15 is 0 Å². The third-order valence-corrected chi connectivity index (χ3v) is 5.35. The van der Waals surface area contributed by atoms with E-state index in [4.69, 9.17) is 0 Å². The molecule has 0 amide bonds. The fraction of sp³-hybridized carbons (Fsp3) is 0.200. The van der Waals surface area contributed by atoms with Crippen LogP contribution in [0.1, 0.15) is 11.1 Å². The number of sulfonamides is 1. The standard InChI is InChI=1S/C15H15BrN2O2S/c16-12-4-2-5-13(9-12)21(19,20)18-15-6-1-3-11-10-17-8-7-14(11)15/h1-6,9,17-18H,7-8,10H2. The van der Waals surface area contributed by atoms with Gasteiger partial charge in [-0.15, -0.1) is 0 Å². The Morgan fingerprint density at radius 2 is 1.95 bits per heavy atom. The van der Waals surface area contributed by atoms with E-state index in [1.54, 1.807) is 24.3 Å². The van der Waals surface area contributed by atoms with Crippen LogP contribution in [0.4, 0.5) is 5.69 Å². The lowest BCUT2D eigenvalue weighted by Gasteiger charge is -2.21. The minimum Gasteiger partial charge on any atom is -0.312 e. The number of rotatable bonds is 3. The number of fused-ring (bicyclic) bond motifs is 1. The molecule has 1 aliphatic rings. The first-order valence-electron chi connectivity index (χ1n) is 6.66. The predicted octanol–water partition coefficient (Wildman–Crippen LogP) is 2.90. The Bertz CT molecular complexity index is 775. The van der Waals surface area contributed by atoms with E-state index < -0.39 is 10.0 Å². The van der Waals surface area contributed by atoms with Crippen LogP contribution in [0, 0.1) is 0 Å². The Labute approximate surface area is 132 Å². The molecule has 21 heavy (non-hydrogen) atoms. The van der Waals surface area contributed by atoms with Gasteiger partial charge in [-0.1, -0.05) is 34.1 Å². The van der Waals surface area contributed by atoms with Crippen molar-refractivity contribution in [1.82, 2.24) is 5.32 Å². The van der Waals surface area contributed by atoms with Crippen LogP contribution in [-0.4, -0.2) is 15.0 Å². The van der Waals surface area contributed by atoms with E-state index in [0.29, 0.717) is 5.69 Å². The van der Waals surface area contributed by atoms with E-state index in [0.717, 1.165) is 35.1 Å². The van der Waals surface area contributed by atoms with Gasteiger partial charge in [-0.05, 0) is 48.4 Å². The highest BCUT2D eigenvalue weighted by molar-refractivity contribution is 9.10. The summed E-state index contributed by atoms with van der Waals surface area (Å²) in [6.07, 6.45) is 0.826. The zero-order valence-corrected chi connectivity index (χ0v) is 13.7. The summed E-state index contributed by atoms with van der Waals surface area (Å²) in [5.41, 5.74) is 2.90. The summed E-state index contributed by atoms with van der Waals surface area (Å²) < 4.78 is 28.4. The Balaban J connectivity index is 1.96. The van der Waals surface area contributed by atoms with Gasteiger partial charge in [0.1, 0.15) is 0 Å². The monoisotopic (exact) mass is 366 g/mol. The third-order valence-electron chi connectivity index (χ3n) is 3.49. The normalized spacial score (nSPS) is 14.5. The van der Waals surface area contributed by atoms with Gasteiger partial charge in [-0.2, -0.15) is 0 Å². The summed E-state index contributed by atoms with van der Waals surface area (Å²) in [5, 5.41) is 3.29. The molecule has 0 bridgehead atoms. The van der Waals surface area contributed by atoms with Gasteiger partial charge in [0.25, 0.3) is 10.0 Å². The topological polar surface area (TPSA) is 58.2 Å². The average Bonchev–Trinajstić information content (AvgIpc) is 2.47. The molecular formula is C15H15BrN2O2S. The maximum atomic E-state index is 12.5. The molecule has 6 heteroatoms. The molecule has 0 aliphatic carbocycles. The lowest BCUT2D eigenvalue weighted by atomic mass is 9.99. The number of anilines is 1. The molecule has 0 unspecified atom stereocenters. The highest BCUT2D eigenvalue weighted by atomic mass is 79.9. The lowest BCUT2D eigenvalue weighted by molar-refractivity contribution is 0.600. The molecule has 0 fully saturated rings. The summed E-state index contributed by atoms with van der Waals surface area (Å²) in [6, 6.07) is 12.4. The molecule has 0 saturated heterocycles. The molecule has 4 nitrogen and oxygen atoms in total. The number of hydrogen-bond acceptors (Lipinski definition) is 3. The fourth-order valence-electron chi connectivity index (χ4n) is 2.47. The minimum atomic E-state index is -3.57. The van der Waals surface area contributed by atoms with E-state index in [1.807, 2.05) is 18.2 Å². The number of halogens is 1. The zero-order chi connectivity index (χ0) is 14.9. The van der Waals surface area contributed by atoms with E-state index in [1.165, 1.54) is 0 Å². The largest absolute Gasteiger partial charge is 0.312 e. The van der Waals surface area contributed by atoms with E-state index in [9.17, 15) is 8.42 Å². The Morgan fingerprint density at radius 1 is 1.14 bits per heavy atom. The van der Waals surface area contributed by atoms with Gasteiger partial charge >= 0.3 is 0 Å². The predicted molar refractivity (Wildman–Crippen MR) is 86.8 cm³/mol. The summed E-state index contributed by atoms with van der Waals surface area (Å²) in [7, 11) is -3.57. The molecule has 2 aromatic rings. The molecule has 0 spiro atoms. The van der Waals surface area contributed by atoms with Crippen LogP contribution in [0.3, 0.4) is 0 Å². The SMILES string of the molecule is O=S(=O)(Nc1cccc2c1CCNC2)c1cccc(Br)c1. The van der Waals surface area contributed by atoms with Crippen LogP contribution in [-0.2, 0) is 23.0 Å². The molecule has 0 radical (unpaired) electrons. The summed E-state index contributed by atoms with van der Waals surface area (Å²) in [4.78, 5) is 0.253. The summed E-state index contributed by atoms with van der Waals surface area (Å²) >= 11 is 3.30. The second kappa shape index (κ2) is 5.79. The molecule has 110 valence electrons. The van der Waals surface area contributed by atoms with Crippen LogP contribution in [0.15, 0.2) is 51.8 Å². The molecule has 3 rings (SSSR count). The zero-order valence-electron chi connectivity index (χ0n) is 11.3. The van der Waals surface area contributed by atoms with Gasteiger partial charge in [0.2, 0.25) is 0 Å². The van der Waals surface area contributed by atoms with Gasteiger partial charge in [0.15, 0.2) is 0 Å². The van der Waals surface area contributed by atoms with Crippen molar-refractivity contribution in [1.29, 1.82) is 0 Å². The van der Waals surface area contributed by atoms with Gasteiger partial charge in [-0.3, -0.25) is 4.72 Å². The van der Waals surface area contributed by atoms with Gasteiger partial charge in [0.05, 0.1) is 10.6 Å². The van der Waals surface area contributed by atoms with E-state index in [-0.39, 0.29) is 4.90 Å². The van der Waals surface area contributed by atoms with Crippen molar-refractivity contribution in [3.05, 3.63) is 58.1 Å². The maximum absolute atomic E-state index is 12.5. The van der Waals surface area contributed by atoms with Crippen molar-refractivity contribution < 1.29 is 8.42 Å². The summed E-state index contributed by atoms with van der Waals surface area (Å²) in [5.74, 6) is 0. The average molecular weight is 367 g/mol. The first kappa shape index (κ1) is 14.6. The molecule has 0 saturated carbocycles. The van der Waals surface area contributed by atoms with Gasteiger partial charge in [-0.25, -0.2) is 8.42 Å². The Hall–Kier alpha value is -1.37. The van der Waals surface area contributed by atoms with Crippen LogP contribution >= 0.6 is 15.9 Å². The minimum absolute atomic E-state index is 0.253. The molecule has 1 aliphatic heterocycles. The van der Waals surface area contributed by atoms with Gasteiger partial charge < -0.3 is 5.32 Å². The highest BCUT2D eigenvalue weighted by Crippen LogP contribution is 2.26. The quantitative estimate of drug-likeness (QED) is 0.877. The first-order valence-corrected chi connectivity index (χ1v) is 8.94. The summed E-state index contributed by atoms with van der Waals surface area (Å²) in [6.45, 7) is 1.64. The molecule has 2 aromatic carbocycles. The Morgan fingerprint density at radius 3 is 2.76 bits per heavy atom.